The van der Waals surface area contributed by atoms with E-state index in [4.69, 9.17) is 14.2 Å². The maximum absolute atomic E-state index is 5.85. The number of ether oxygens (including phenoxy) is 3. The van der Waals surface area contributed by atoms with Crippen molar-refractivity contribution in [2.24, 2.45) is 4.99 Å². The van der Waals surface area contributed by atoms with Gasteiger partial charge in [0.1, 0.15) is 5.75 Å². The molecule has 2 rings (SSSR count). The zero-order chi connectivity index (χ0) is 14.4. The van der Waals surface area contributed by atoms with Crippen molar-refractivity contribution in [3.05, 3.63) is 29.8 Å². The molecule has 0 bridgehead atoms. The molecule has 1 fully saturated rings. The monoisotopic (exact) mass is 424 g/mol. The lowest BCUT2D eigenvalue weighted by Gasteiger charge is -2.28. The Kier molecular flexibility index (Phi) is 7.78. The summed E-state index contributed by atoms with van der Waals surface area (Å²) in [5.74, 6) is 0.0626. The lowest BCUT2D eigenvalue weighted by atomic mass is 10.1. The first-order valence-corrected chi connectivity index (χ1v) is 7.63. The molecule has 0 radical (unpaired) electrons. The van der Waals surface area contributed by atoms with Crippen molar-refractivity contribution in [2.45, 2.75) is 5.79 Å². The second kappa shape index (κ2) is 8.82. The van der Waals surface area contributed by atoms with Crippen LogP contribution in [0.1, 0.15) is 5.56 Å². The van der Waals surface area contributed by atoms with Gasteiger partial charge in [0.2, 0.25) is 5.79 Å². The molecule has 0 aromatic heterocycles. The van der Waals surface area contributed by atoms with Crippen LogP contribution < -0.4 is 10.1 Å². The Labute approximate surface area is 146 Å². The van der Waals surface area contributed by atoms with Crippen LogP contribution in [0.2, 0.25) is 0 Å². The van der Waals surface area contributed by atoms with Crippen molar-refractivity contribution < 1.29 is 14.2 Å². The van der Waals surface area contributed by atoms with Crippen LogP contribution in [0.3, 0.4) is 0 Å². The van der Waals surface area contributed by atoms with Crippen LogP contribution in [0, 0.1) is 0 Å². The quantitative estimate of drug-likeness (QED) is 0.457. The van der Waals surface area contributed by atoms with Crippen molar-refractivity contribution >= 4 is 40.9 Å². The van der Waals surface area contributed by atoms with Crippen LogP contribution in [-0.2, 0) is 15.3 Å². The minimum absolute atomic E-state index is 0. The van der Waals surface area contributed by atoms with Gasteiger partial charge in [-0.3, -0.25) is 4.99 Å². The molecule has 1 aliphatic heterocycles. The first-order chi connectivity index (χ1) is 9.74. The summed E-state index contributed by atoms with van der Waals surface area (Å²) in [6.07, 6.45) is 1.98. The Bertz CT molecular complexity index is 462. The molecule has 1 aromatic rings. The molecule has 0 aliphatic carbocycles. The molecule has 0 atom stereocenters. The number of methoxy groups -OCH3 is 1. The van der Waals surface area contributed by atoms with Crippen LogP contribution >= 0.6 is 35.7 Å². The second-order valence-electron chi connectivity index (χ2n) is 4.26. The molecule has 21 heavy (non-hydrogen) atoms. The highest BCUT2D eigenvalue weighted by Gasteiger charge is 2.38. The normalized spacial score (nSPS) is 17.2. The number of rotatable bonds is 4. The van der Waals surface area contributed by atoms with E-state index in [9.17, 15) is 0 Å². The maximum Gasteiger partial charge on any atom is 0.213 e. The van der Waals surface area contributed by atoms with E-state index in [1.165, 1.54) is 0 Å². The van der Waals surface area contributed by atoms with Gasteiger partial charge in [0.15, 0.2) is 5.17 Å². The van der Waals surface area contributed by atoms with E-state index in [2.05, 4.69) is 10.3 Å². The molecule has 0 saturated carbocycles. The summed E-state index contributed by atoms with van der Waals surface area (Å²) < 4.78 is 16.9. The molecule has 0 unspecified atom stereocenters. The molecule has 0 spiro atoms. The third-order valence-corrected chi connectivity index (χ3v) is 3.87. The van der Waals surface area contributed by atoms with Gasteiger partial charge in [-0.2, -0.15) is 0 Å². The molecule has 5 nitrogen and oxygen atoms in total. The lowest BCUT2D eigenvalue weighted by Crippen LogP contribution is -2.41. The van der Waals surface area contributed by atoms with Gasteiger partial charge in [-0.25, -0.2) is 0 Å². The Morgan fingerprint density at radius 3 is 2.43 bits per heavy atom. The minimum atomic E-state index is -0.752. The van der Waals surface area contributed by atoms with Gasteiger partial charge in [-0.15, -0.1) is 24.0 Å². The number of hydrogen-bond acceptors (Lipinski definition) is 5. The highest BCUT2D eigenvalue weighted by atomic mass is 127. The van der Waals surface area contributed by atoms with Gasteiger partial charge in [-0.05, 0) is 30.5 Å². The van der Waals surface area contributed by atoms with E-state index in [1.807, 2.05) is 30.5 Å². The third kappa shape index (κ3) is 4.48. The van der Waals surface area contributed by atoms with Gasteiger partial charge in [-0.1, -0.05) is 11.8 Å². The summed E-state index contributed by atoms with van der Waals surface area (Å²) in [4.78, 5) is 4.16. The Balaban J connectivity index is 0.00000220. The summed E-state index contributed by atoms with van der Waals surface area (Å²) in [7, 11) is 3.41. The van der Waals surface area contributed by atoms with Crippen LogP contribution in [0.4, 0.5) is 0 Å². The van der Waals surface area contributed by atoms with E-state index in [-0.39, 0.29) is 24.0 Å². The first-order valence-electron chi connectivity index (χ1n) is 6.41. The number of nitrogens with one attached hydrogen (secondary N) is 1. The molecular formula is C14H21IN2O3S. The Morgan fingerprint density at radius 2 is 1.95 bits per heavy atom. The Morgan fingerprint density at radius 1 is 1.33 bits per heavy atom. The van der Waals surface area contributed by atoms with Crippen LogP contribution in [0.15, 0.2) is 29.3 Å². The third-order valence-electron chi connectivity index (χ3n) is 3.15. The fraction of sp³-hybridized carbons (Fsp3) is 0.500. The molecule has 1 N–H and O–H groups in total. The number of nitrogens with zero attached hydrogens (tertiary/aromatic N) is 1. The Hall–Kier alpha value is -0.510. The zero-order valence-electron chi connectivity index (χ0n) is 12.4. The van der Waals surface area contributed by atoms with Crippen molar-refractivity contribution in [1.29, 1.82) is 0 Å². The summed E-state index contributed by atoms with van der Waals surface area (Å²) >= 11 is 1.56. The van der Waals surface area contributed by atoms with Crippen LogP contribution in [-0.4, -0.2) is 45.3 Å². The van der Waals surface area contributed by atoms with Gasteiger partial charge in [0.25, 0.3) is 0 Å². The highest BCUT2D eigenvalue weighted by Crippen LogP contribution is 2.32. The zero-order valence-corrected chi connectivity index (χ0v) is 15.6. The average molecular weight is 424 g/mol. The molecule has 0 amide bonds. The fourth-order valence-electron chi connectivity index (χ4n) is 2.10. The molecule has 1 aromatic carbocycles. The summed E-state index contributed by atoms with van der Waals surface area (Å²) in [5, 5.41) is 4.12. The average Bonchev–Trinajstić information content (AvgIpc) is 2.98. The van der Waals surface area contributed by atoms with Gasteiger partial charge >= 0.3 is 0 Å². The summed E-state index contributed by atoms with van der Waals surface area (Å²) in [6, 6.07) is 7.75. The van der Waals surface area contributed by atoms with E-state index in [1.54, 1.807) is 25.9 Å². The SMILES string of the molecule is CN=C(NCC1(c2ccc(OC)cc2)OCCO1)SC.I. The molecule has 1 aliphatic rings. The predicted molar refractivity (Wildman–Crippen MR) is 96.9 cm³/mol. The smallest absolute Gasteiger partial charge is 0.213 e. The van der Waals surface area contributed by atoms with Gasteiger partial charge in [0, 0.05) is 12.6 Å². The number of aliphatic imine (C=N–C) groups is 1. The molecule has 1 heterocycles. The first kappa shape index (κ1) is 18.5. The molecule has 1 saturated heterocycles. The second-order valence-corrected chi connectivity index (χ2v) is 5.06. The van der Waals surface area contributed by atoms with Crippen LogP contribution in [0.5, 0.6) is 5.75 Å². The maximum atomic E-state index is 5.85. The van der Waals surface area contributed by atoms with E-state index in [0.29, 0.717) is 19.8 Å². The summed E-state index contributed by atoms with van der Waals surface area (Å²) in [6.45, 7) is 1.70. The topological polar surface area (TPSA) is 52.1 Å². The highest BCUT2D eigenvalue weighted by molar-refractivity contribution is 14.0. The van der Waals surface area contributed by atoms with Crippen molar-refractivity contribution in [3.63, 3.8) is 0 Å². The van der Waals surface area contributed by atoms with Crippen molar-refractivity contribution in [1.82, 2.24) is 5.32 Å². The van der Waals surface area contributed by atoms with Gasteiger partial charge < -0.3 is 19.5 Å². The number of amidine groups is 1. The molecule has 118 valence electrons. The van der Waals surface area contributed by atoms with E-state index >= 15 is 0 Å². The fourth-order valence-corrected chi connectivity index (χ4v) is 2.50. The van der Waals surface area contributed by atoms with Crippen molar-refractivity contribution in [2.75, 3.05) is 40.2 Å². The lowest BCUT2D eigenvalue weighted by molar-refractivity contribution is -0.159. The number of benzene rings is 1. The molecular weight excluding hydrogens is 403 g/mol. The van der Waals surface area contributed by atoms with Crippen LogP contribution in [0.25, 0.3) is 0 Å². The number of thioether (sulfide) groups is 1. The largest absolute Gasteiger partial charge is 0.497 e. The van der Waals surface area contributed by atoms with E-state index in [0.717, 1.165) is 16.5 Å². The standard InChI is InChI=1S/C14H20N2O3S.HI/c1-15-13(20-3)16-10-14(18-8-9-19-14)11-4-6-12(17-2)7-5-11;/h4-7H,8-10H2,1-3H3,(H,15,16);1H. The molecule has 7 heteroatoms. The summed E-state index contributed by atoms with van der Waals surface area (Å²) in [5.41, 5.74) is 0.972. The minimum Gasteiger partial charge on any atom is -0.497 e. The van der Waals surface area contributed by atoms with Crippen molar-refractivity contribution in [3.8, 4) is 5.75 Å². The van der Waals surface area contributed by atoms with E-state index < -0.39 is 5.79 Å². The number of hydrogen-bond donors (Lipinski definition) is 1. The van der Waals surface area contributed by atoms with Gasteiger partial charge in [0.05, 0.1) is 26.9 Å². The number of halogens is 1. The predicted octanol–water partition coefficient (Wildman–Crippen LogP) is 2.45.